The number of aliphatic imine (C=N–C) groups is 1. The van der Waals surface area contributed by atoms with Gasteiger partial charge >= 0.3 is 0 Å². The Labute approximate surface area is 130 Å². The highest BCUT2D eigenvalue weighted by Gasteiger charge is 2.14. The molecular weight excluding hydrogens is 286 g/mol. The predicted molar refractivity (Wildman–Crippen MR) is 88.6 cm³/mol. The van der Waals surface area contributed by atoms with Gasteiger partial charge in [-0.15, -0.1) is 0 Å². The lowest BCUT2D eigenvalue weighted by Gasteiger charge is -2.18. The lowest BCUT2D eigenvalue weighted by molar-refractivity contribution is -0.119. The van der Waals surface area contributed by atoms with Crippen LogP contribution in [0.1, 0.15) is 32.8 Å². The minimum atomic E-state index is -0.599. The number of nitrogens with zero attached hydrogens (tertiary/aromatic N) is 1. The Hall–Kier alpha value is -1.53. The van der Waals surface area contributed by atoms with E-state index in [9.17, 15) is 9.90 Å². The molecule has 1 atom stereocenters. The molecule has 0 aliphatic heterocycles. The molecule has 5 nitrogen and oxygen atoms in total. The molecule has 0 fully saturated rings. The molecule has 0 radical (unpaired) electrons. The molecule has 21 heavy (non-hydrogen) atoms. The summed E-state index contributed by atoms with van der Waals surface area (Å²) >= 11 is 1.61. The van der Waals surface area contributed by atoms with Gasteiger partial charge in [-0.1, -0.05) is 24.1 Å². The lowest BCUT2D eigenvalue weighted by atomic mass is 10.2. The highest BCUT2D eigenvalue weighted by Crippen LogP contribution is 2.19. The Morgan fingerprint density at radius 1 is 1.48 bits per heavy atom. The molecule has 0 aromatic heterocycles. The molecule has 1 unspecified atom stereocenters. The first-order chi connectivity index (χ1) is 9.79. The largest absolute Gasteiger partial charge is 0.507 e. The van der Waals surface area contributed by atoms with E-state index in [1.807, 2.05) is 0 Å². The van der Waals surface area contributed by atoms with Crippen LogP contribution in [0.25, 0.3) is 0 Å². The zero-order valence-corrected chi connectivity index (χ0v) is 13.5. The van der Waals surface area contributed by atoms with Crippen LogP contribution in [0, 0.1) is 0 Å². The molecule has 1 aromatic rings. The van der Waals surface area contributed by atoms with Crippen molar-refractivity contribution in [2.75, 3.05) is 6.54 Å². The van der Waals surface area contributed by atoms with Gasteiger partial charge in [0.2, 0.25) is 5.91 Å². The van der Waals surface area contributed by atoms with Gasteiger partial charge in [0.15, 0.2) is 0 Å². The third kappa shape index (κ3) is 7.15. The summed E-state index contributed by atoms with van der Waals surface area (Å²) in [4.78, 5) is 15.6. The van der Waals surface area contributed by atoms with Gasteiger partial charge in [-0.05, 0) is 39.3 Å². The Bertz CT molecular complexity index is 498. The molecule has 116 valence electrons. The van der Waals surface area contributed by atoms with E-state index in [0.717, 1.165) is 0 Å². The molecule has 6 heteroatoms. The summed E-state index contributed by atoms with van der Waals surface area (Å²) in [6.07, 6.45) is 2.00. The van der Waals surface area contributed by atoms with Crippen molar-refractivity contribution in [3.05, 3.63) is 29.8 Å². The highest BCUT2D eigenvalue weighted by molar-refractivity contribution is 7.98. The highest BCUT2D eigenvalue weighted by atomic mass is 32.2. The molecule has 1 aromatic carbocycles. The van der Waals surface area contributed by atoms with E-state index in [1.54, 1.807) is 36.2 Å². The first-order valence-electron chi connectivity index (χ1n) is 6.81. The predicted octanol–water partition coefficient (Wildman–Crippen LogP) is 2.09. The molecule has 0 saturated carbocycles. The maximum absolute atomic E-state index is 11.4. The Kier molecular flexibility index (Phi) is 6.71. The minimum Gasteiger partial charge on any atom is -0.507 e. The Balaban J connectivity index is 2.55. The van der Waals surface area contributed by atoms with Gasteiger partial charge in [-0.3, -0.25) is 14.5 Å². The molecule has 4 N–H and O–H groups in total. The summed E-state index contributed by atoms with van der Waals surface area (Å²) in [6, 6.07) is 6.22. The minimum absolute atomic E-state index is 0.112. The molecule has 0 aliphatic rings. The first-order valence-corrected chi connectivity index (χ1v) is 7.62. The molecule has 1 amide bonds. The van der Waals surface area contributed by atoms with Crippen molar-refractivity contribution in [1.82, 2.24) is 4.72 Å². The van der Waals surface area contributed by atoms with E-state index in [2.05, 4.69) is 30.5 Å². The van der Waals surface area contributed by atoms with E-state index in [0.29, 0.717) is 18.5 Å². The number of nitrogens with two attached hydrogens (primary N) is 1. The smallest absolute Gasteiger partial charge is 0.242 e. The molecule has 1 rings (SSSR count). The molecule has 0 aliphatic carbocycles. The fourth-order valence-electron chi connectivity index (χ4n) is 1.52. The maximum atomic E-state index is 11.4. The SMILES string of the molecule is CC(C)(C)SNCCC(N=Cc1ccccc1O)C(N)=O. The topological polar surface area (TPSA) is 87.7 Å². The van der Waals surface area contributed by atoms with Crippen molar-refractivity contribution >= 4 is 24.1 Å². The van der Waals surface area contributed by atoms with Crippen LogP contribution in [0.3, 0.4) is 0 Å². The van der Waals surface area contributed by atoms with Crippen LogP contribution in [0.5, 0.6) is 5.75 Å². The van der Waals surface area contributed by atoms with Crippen LogP contribution >= 0.6 is 11.9 Å². The van der Waals surface area contributed by atoms with E-state index in [4.69, 9.17) is 5.73 Å². The second-order valence-electron chi connectivity index (χ2n) is 5.65. The number of hydrogen-bond acceptors (Lipinski definition) is 5. The van der Waals surface area contributed by atoms with Gasteiger partial charge in [0.25, 0.3) is 0 Å². The number of nitrogens with one attached hydrogen (secondary N) is 1. The quantitative estimate of drug-likeness (QED) is 0.409. The van der Waals surface area contributed by atoms with Crippen LogP contribution in [0.4, 0.5) is 0 Å². The van der Waals surface area contributed by atoms with Crippen molar-refractivity contribution in [1.29, 1.82) is 0 Å². The second kappa shape index (κ2) is 8.05. The van der Waals surface area contributed by atoms with Gasteiger partial charge < -0.3 is 10.8 Å². The Morgan fingerprint density at radius 2 is 2.14 bits per heavy atom. The third-order valence-corrected chi connectivity index (χ3v) is 3.52. The van der Waals surface area contributed by atoms with Crippen molar-refractivity contribution in [3.63, 3.8) is 0 Å². The van der Waals surface area contributed by atoms with Gasteiger partial charge in [0, 0.05) is 23.1 Å². The molecule has 0 bridgehead atoms. The van der Waals surface area contributed by atoms with Crippen molar-refractivity contribution < 1.29 is 9.90 Å². The number of primary amides is 1. The summed E-state index contributed by atoms with van der Waals surface area (Å²) in [5.74, 6) is -0.338. The normalized spacial score (nSPS) is 13.5. The van der Waals surface area contributed by atoms with Crippen LogP contribution in [0.2, 0.25) is 0 Å². The van der Waals surface area contributed by atoms with Gasteiger partial charge in [0.05, 0.1) is 0 Å². The van der Waals surface area contributed by atoms with Crippen LogP contribution in [-0.4, -0.2) is 34.6 Å². The maximum Gasteiger partial charge on any atom is 0.242 e. The number of rotatable bonds is 7. The average molecular weight is 309 g/mol. The van der Waals surface area contributed by atoms with Crippen LogP contribution < -0.4 is 10.5 Å². The number of hydrogen-bond donors (Lipinski definition) is 3. The summed E-state index contributed by atoms with van der Waals surface area (Å²) in [7, 11) is 0. The summed E-state index contributed by atoms with van der Waals surface area (Å²) in [5.41, 5.74) is 5.93. The fraction of sp³-hybridized carbons (Fsp3) is 0.467. The van der Waals surface area contributed by atoms with Crippen LogP contribution in [-0.2, 0) is 4.79 Å². The van der Waals surface area contributed by atoms with Crippen molar-refractivity contribution in [2.45, 2.75) is 38.0 Å². The number of amides is 1. The lowest BCUT2D eigenvalue weighted by Crippen LogP contribution is -2.30. The molecular formula is C15H23N3O2S. The number of para-hydroxylation sites is 1. The number of aromatic hydroxyl groups is 1. The number of phenols is 1. The number of phenolic OH excluding ortho intramolecular Hbond substituents is 1. The second-order valence-corrected chi connectivity index (χ2v) is 7.37. The Morgan fingerprint density at radius 3 is 2.71 bits per heavy atom. The summed E-state index contributed by atoms with van der Waals surface area (Å²) < 4.78 is 3.32. The fourth-order valence-corrected chi connectivity index (χ4v) is 2.17. The van der Waals surface area contributed by atoms with Gasteiger partial charge in [0.1, 0.15) is 11.8 Å². The number of carbonyl (C=O) groups is 1. The molecule has 0 spiro atoms. The zero-order chi connectivity index (χ0) is 15.9. The molecule has 0 saturated heterocycles. The number of benzene rings is 1. The van der Waals surface area contributed by atoms with E-state index < -0.39 is 11.9 Å². The van der Waals surface area contributed by atoms with E-state index in [1.165, 1.54) is 6.21 Å². The van der Waals surface area contributed by atoms with Crippen molar-refractivity contribution in [3.8, 4) is 5.75 Å². The summed E-state index contributed by atoms with van der Waals surface area (Å²) in [6.45, 7) is 6.94. The number of carbonyl (C=O) groups excluding carboxylic acids is 1. The third-order valence-electron chi connectivity index (χ3n) is 2.56. The van der Waals surface area contributed by atoms with E-state index in [-0.39, 0.29) is 10.5 Å². The van der Waals surface area contributed by atoms with Gasteiger partial charge in [-0.2, -0.15) is 0 Å². The average Bonchev–Trinajstić information content (AvgIpc) is 2.38. The standard InChI is InChI=1S/C15H23N3O2S/c1-15(2,3)21-18-9-8-12(14(16)20)17-10-11-6-4-5-7-13(11)19/h4-7,10,12,18-19H,8-9H2,1-3H3,(H2,16,20). The summed E-state index contributed by atoms with van der Waals surface area (Å²) in [5, 5.41) is 9.64. The molecule has 0 heterocycles. The zero-order valence-electron chi connectivity index (χ0n) is 12.7. The van der Waals surface area contributed by atoms with E-state index >= 15 is 0 Å². The first kappa shape index (κ1) is 17.5. The van der Waals surface area contributed by atoms with Gasteiger partial charge in [-0.25, -0.2) is 0 Å². The monoisotopic (exact) mass is 309 g/mol. The van der Waals surface area contributed by atoms with Crippen LogP contribution in [0.15, 0.2) is 29.3 Å². The van der Waals surface area contributed by atoms with Crippen molar-refractivity contribution in [2.24, 2.45) is 10.7 Å².